The van der Waals surface area contributed by atoms with Gasteiger partial charge in [-0.05, 0) is 57.9 Å². The second-order valence-electron chi connectivity index (χ2n) is 7.40. The first-order valence-corrected chi connectivity index (χ1v) is 11.9. The van der Waals surface area contributed by atoms with Gasteiger partial charge >= 0.3 is 5.97 Å². The fourth-order valence-electron chi connectivity index (χ4n) is 2.43. The molecule has 9 nitrogen and oxygen atoms in total. The van der Waals surface area contributed by atoms with E-state index in [1.54, 1.807) is 26.4 Å². The highest BCUT2D eigenvalue weighted by atomic mass is 16.6. The highest BCUT2D eigenvalue weighted by Gasteiger charge is 2.27. The summed E-state index contributed by atoms with van der Waals surface area (Å²) in [5.41, 5.74) is 5.36. The van der Waals surface area contributed by atoms with Crippen molar-refractivity contribution in [2.75, 3.05) is 27.9 Å². The Morgan fingerprint density at radius 2 is 1.68 bits per heavy atom. The maximum Gasteiger partial charge on any atom is 0.306 e. The number of carbonyl (C=O) groups is 3. The van der Waals surface area contributed by atoms with E-state index in [2.05, 4.69) is 21.4 Å². The zero-order valence-corrected chi connectivity index (χ0v) is 22.5. The zero-order chi connectivity index (χ0) is 26.8. The fourth-order valence-corrected chi connectivity index (χ4v) is 2.43. The Morgan fingerprint density at radius 1 is 1.12 bits per heavy atom. The van der Waals surface area contributed by atoms with Gasteiger partial charge in [-0.2, -0.15) is 4.99 Å². The smallest absolute Gasteiger partial charge is 0.306 e. The first kappa shape index (κ1) is 36.3. The molecule has 0 aromatic rings. The Kier molecular flexibility index (Phi) is 28.8. The number of carbonyl (C=O) groups excluding carboxylic acids is 3. The van der Waals surface area contributed by atoms with Crippen molar-refractivity contribution in [2.45, 2.75) is 91.8 Å². The van der Waals surface area contributed by atoms with Crippen LogP contribution in [0.15, 0.2) is 17.1 Å². The van der Waals surface area contributed by atoms with Crippen LogP contribution in [0.4, 0.5) is 0 Å². The van der Waals surface area contributed by atoms with Crippen LogP contribution in [0.1, 0.15) is 79.6 Å². The lowest BCUT2D eigenvalue weighted by atomic mass is 10.2. The predicted molar refractivity (Wildman–Crippen MR) is 136 cm³/mol. The Morgan fingerprint density at radius 3 is 2.06 bits per heavy atom. The molecule has 2 rings (SSSR count). The van der Waals surface area contributed by atoms with Gasteiger partial charge in [-0.25, -0.2) is 0 Å². The van der Waals surface area contributed by atoms with Crippen LogP contribution in [0, 0.1) is 5.92 Å². The van der Waals surface area contributed by atoms with Gasteiger partial charge in [0.15, 0.2) is 0 Å². The van der Waals surface area contributed by atoms with E-state index >= 15 is 0 Å². The van der Waals surface area contributed by atoms with Crippen LogP contribution >= 0.6 is 0 Å². The minimum absolute atomic E-state index is 0.0457. The van der Waals surface area contributed by atoms with Crippen molar-refractivity contribution in [3.8, 4) is 0 Å². The summed E-state index contributed by atoms with van der Waals surface area (Å²) in [6, 6.07) is 0. The Bertz CT molecular complexity index is 561. The molecule has 2 N–H and O–H groups in total. The van der Waals surface area contributed by atoms with Crippen LogP contribution in [0.2, 0.25) is 0 Å². The van der Waals surface area contributed by atoms with E-state index < -0.39 is 0 Å². The molecule has 34 heavy (non-hydrogen) atoms. The third-order valence-electron chi connectivity index (χ3n) is 4.05. The van der Waals surface area contributed by atoms with E-state index in [-0.39, 0.29) is 23.8 Å². The Hall–Kier alpha value is -2.26. The summed E-state index contributed by atoms with van der Waals surface area (Å²) >= 11 is 0. The second kappa shape index (κ2) is 27.0. The van der Waals surface area contributed by atoms with Crippen LogP contribution in [0.5, 0.6) is 0 Å². The van der Waals surface area contributed by atoms with Gasteiger partial charge in [-0.3, -0.25) is 14.4 Å². The molecule has 1 heterocycles. The number of amidine groups is 1. The van der Waals surface area contributed by atoms with Crippen molar-refractivity contribution in [3.63, 3.8) is 0 Å². The second-order valence-corrected chi connectivity index (χ2v) is 7.40. The molecule has 0 spiro atoms. The minimum Gasteiger partial charge on any atom is -0.471 e. The normalized spacial score (nSPS) is 18.4. The summed E-state index contributed by atoms with van der Waals surface area (Å²) < 4.78 is 18.8. The predicted octanol–water partition coefficient (Wildman–Crippen LogP) is 4.22. The number of aliphatic imine (C=N–C) groups is 1. The third-order valence-corrected chi connectivity index (χ3v) is 4.05. The van der Waals surface area contributed by atoms with Crippen molar-refractivity contribution in [3.05, 3.63) is 12.2 Å². The first-order valence-electron chi connectivity index (χ1n) is 11.9. The molecule has 2 unspecified atom stereocenters. The van der Waals surface area contributed by atoms with Gasteiger partial charge in [0.1, 0.15) is 12.4 Å². The third kappa shape index (κ3) is 27.8. The van der Waals surface area contributed by atoms with E-state index in [9.17, 15) is 9.59 Å². The van der Waals surface area contributed by atoms with Crippen LogP contribution in [-0.4, -0.2) is 64.3 Å². The Labute approximate surface area is 206 Å². The van der Waals surface area contributed by atoms with Gasteiger partial charge in [0.05, 0.1) is 19.3 Å². The molecule has 1 saturated heterocycles. The van der Waals surface area contributed by atoms with E-state index in [0.29, 0.717) is 37.9 Å². The van der Waals surface area contributed by atoms with Crippen molar-refractivity contribution in [1.82, 2.24) is 0 Å². The number of methoxy groups -OCH3 is 2. The molecule has 0 radical (unpaired) electrons. The summed E-state index contributed by atoms with van der Waals surface area (Å²) in [5, 5.41) is 0. The zero-order valence-electron chi connectivity index (χ0n) is 22.5. The molecule has 1 aliphatic carbocycles. The molecule has 1 saturated carbocycles. The monoisotopic (exact) mass is 488 g/mol. The first-order chi connectivity index (χ1) is 16.3. The van der Waals surface area contributed by atoms with E-state index in [1.807, 2.05) is 27.7 Å². The van der Waals surface area contributed by atoms with Crippen LogP contribution < -0.4 is 5.73 Å². The summed E-state index contributed by atoms with van der Waals surface area (Å²) in [4.78, 5) is 34.7. The van der Waals surface area contributed by atoms with Crippen molar-refractivity contribution in [2.24, 2.45) is 16.6 Å². The minimum atomic E-state index is -0.150. The van der Waals surface area contributed by atoms with Crippen molar-refractivity contribution < 1.29 is 33.3 Å². The van der Waals surface area contributed by atoms with Crippen molar-refractivity contribution in [1.29, 1.82) is 0 Å². The number of allylic oxidation sites excluding steroid dienone is 1. The molecule has 9 heteroatoms. The molecule has 1 amide bonds. The summed E-state index contributed by atoms with van der Waals surface area (Å²) in [5.74, 6) is 0.704. The number of nitrogens with zero attached hydrogens (tertiary/aromatic N) is 1. The van der Waals surface area contributed by atoms with Crippen molar-refractivity contribution >= 4 is 24.2 Å². The lowest BCUT2D eigenvalue weighted by molar-refractivity contribution is -0.147. The SMILES string of the molecule is C/C=C\C(N)=NC(=O)CCC.CC.CC1CCC(COC(=O)CC2CC2)O1.COC.COC=O. The van der Waals surface area contributed by atoms with Gasteiger partial charge in [0.2, 0.25) is 5.91 Å². The molecule has 2 aliphatic rings. The maximum absolute atomic E-state index is 11.3. The summed E-state index contributed by atoms with van der Waals surface area (Å²) in [7, 11) is 4.56. The van der Waals surface area contributed by atoms with Crippen LogP contribution in [-0.2, 0) is 33.3 Å². The quantitative estimate of drug-likeness (QED) is 0.233. The van der Waals surface area contributed by atoms with Gasteiger partial charge in [-0.1, -0.05) is 26.8 Å². The molecule has 200 valence electrons. The molecule has 1 aliphatic heterocycles. The van der Waals surface area contributed by atoms with Gasteiger partial charge in [0, 0.05) is 27.1 Å². The number of rotatable bonds is 8. The molecule has 0 aromatic heterocycles. The van der Waals surface area contributed by atoms with Crippen LogP contribution in [0.25, 0.3) is 0 Å². The molecule has 2 atom stereocenters. The summed E-state index contributed by atoms with van der Waals surface area (Å²) in [6.45, 7) is 10.6. The molecule has 0 aromatic carbocycles. The number of esters is 1. The maximum atomic E-state index is 11.3. The summed E-state index contributed by atoms with van der Waals surface area (Å²) in [6.07, 6.45) is 10.2. The molecule has 2 fully saturated rings. The highest BCUT2D eigenvalue weighted by molar-refractivity contribution is 5.99. The average molecular weight is 489 g/mol. The number of nitrogens with two attached hydrogens (primary N) is 1. The van der Waals surface area contributed by atoms with Gasteiger partial charge in [-0.15, -0.1) is 0 Å². The topological polar surface area (TPSA) is 127 Å². The number of hydrogen-bond donors (Lipinski definition) is 1. The fraction of sp³-hybridized carbons (Fsp3) is 0.760. The standard InChI is InChI=1S/C11H18O3.C8H14N2O.C2H4O2.C2H6O.C2H6/c1-8-2-5-10(14-8)7-13-11(12)6-9-3-4-9;1-3-5-7(9)10-8(11)6-4-2;1-4-2-3;1-3-2;1-2/h8-10H,2-7H2,1H3;3,5H,4,6H2,1-2H3,(H2,9,10,11);2H,1H3;1-2H3;1-2H3/b;5-3-;;;. The molecule has 0 bridgehead atoms. The average Bonchev–Trinajstić information content (AvgIpc) is 3.52. The number of amides is 1. The lowest BCUT2D eigenvalue weighted by Gasteiger charge is -2.11. The number of hydrogen-bond acceptors (Lipinski definition) is 7. The lowest BCUT2D eigenvalue weighted by Crippen LogP contribution is -2.19. The van der Waals surface area contributed by atoms with E-state index in [0.717, 1.165) is 19.3 Å². The molecular weight excluding hydrogens is 440 g/mol. The van der Waals surface area contributed by atoms with Gasteiger partial charge < -0.3 is 24.7 Å². The van der Waals surface area contributed by atoms with Gasteiger partial charge in [0.25, 0.3) is 6.47 Å². The van der Waals surface area contributed by atoms with Crippen LogP contribution in [0.3, 0.4) is 0 Å². The largest absolute Gasteiger partial charge is 0.471 e. The molecular formula is C25H48N2O7. The van der Waals surface area contributed by atoms with E-state index in [1.165, 1.54) is 20.0 Å². The highest BCUT2D eigenvalue weighted by Crippen LogP contribution is 2.32. The Balaban J connectivity index is -0.000000428. The number of ether oxygens (including phenoxy) is 4. The van der Waals surface area contributed by atoms with E-state index in [4.69, 9.17) is 20.0 Å².